The lowest BCUT2D eigenvalue weighted by Gasteiger charge is -2.06. The first-order chi connectivity index (χ1) is 9.79. The van der Waals surface area contributed by atoms with E-state index in [4.69, 9.17) is 0 Å². The quantitative estimate of drug-likeness (QED) is 0.784. The van der Waals surface area contributed by atoms with E-state index >= 15 is 0 Å². The number of aromatic nitrogens is 4. The lowest BCUT2D eigenvalue weighted by atomic mass is 10.3. The molecule has 0 aliphatic rings. The molecular formula is C13H18N6O. The highest BCUT2D eigenvalue weighted by Crippen LogP contribution is 2.01. The fraction of sp³-hybridized carbons (Fsp3) is 0.385. The smallest absolute Gasteiger partial charge is 0.271 e. The van der Waals surface area contributed by atoms with Gasteiger partial charge in [0.2, 0.25) is 0 Å². The second-order valence-corrected chi connectivity index (χ2v) is 4.29. The number of carbonyl (C=O) groups excluding carboxylic acids is 1. The molecule has 0 atom stereocenters. The van der Waals surface area contributed by atoms with Crippen LogP contribution in [-0.4, -0.2) is 38.7 Å². The lowest BCUT2D eigenvalue weighted by Crippen LogP contribution is -2.28. The molecule has 2 aromatic heterocycles. The second kappa shape index (κ2) is 7.22. The first-order valence-electron chi connectivity index (χ1n) is 6.61. The van der Waals surface area contributed by atoms with Crippen molar-refractivity contribution < 1.29 is 4.79 Å². The summed E-state index contributed by atoms with van der Waals surface area (Å²) < 4.78 is 1.89. The van der Waals surface area contributed by atoms with Crippen LogP contribution in [0.4, 0.5) is 5.82 Å². The SMILES string of the molecule is CCCNc1ccc(C(=O)NCCn2ccnc2)nn1. The average Bonchev–Trinajstić information content (AvgIpc) is 2.99. The molecule has 106 valence electrons. The van der Waals surface area contributed by atoms with Gasteiger partial charge >= 0.3 is 0 Å². The predicted octanol–water partition coefficient (Wildman–Crippen LogP) is 0.925. The van der Waals surface area contributed by atoms with Gasteiger partial charge in [0.15, 0.2) is 5.69 Å². The highest BCUT2D eigenvalue weighted by molar-refractivity contribution is 5.92. The van der Waals surface area contributed by atoms with Crippen LogP contribution in [0, 0.1) is 0 Å². The Labute approximate surface area is 117 Å². The summed E-state index contributed by atoms with van der Waals surface area (Å²) in [6, 6.07) is 3.42. The van der Waals surface area contributed by atoms with E-state index in [2.05, 4.69) is 32.7 Å². The summed E-state index contributed by atoms with van der Waals surface area (Å²) in [5.41, 5.74) is 0.317. The van der Waals surface area contributed by atoms with Gasteiger partial charge in [-0.3, -0.25) is 4.79 Å². The lowest BCUT2D eigenvalue weighted by molar-refractivity contribution is 0.0946. The standard InChI is InChI=1S/C13H18N6O/c1-2-5-15-12-4-3-11(17-18-12)13(20)16-7-9-19-8-6-14-10-19/h3-4,6,8,10H,2,5,7,9H2,1H3,(H,15,18)(H,16,20). The number of rotatable bonds is 7. The third-order valence-corrected chi connectivity index (χ3v) is 2.67. The van der Waals surface area contributed by atoms with Gasteiger partial charge in [0, 0.05) is 32.0 Å². The van der Waals surface area contributed by atoms with E-state index in [1.54, 1.807) is 24.7 Å². The number of hydrogen-bond donors (Lipinski definition) is 2. The van der Waals surface area contributed by atoms with Crippen molar-refractivity contribution in [3.05, 3.63) is 36.5 Å². The molecule has 2 rings (SSSR count). The molecule has 7 heteroatoms. The molecule has 0 fully saturated rings. The first kappa shape index (κ1) is 14.0. The van der Waals surface area contributed by atoms with Crippen LogP contribution in [0.25, 0.3) is 0 Å². The van der Waals surface area contributed by atoms with Gasteiger partial charge in [-0.15, -0.1) is 10.2 Å². The normalized spacial score (nSPS) is 10.2. The average molecular weight is 274 g/mol. The van der Waals surface area contributed by atoms with Crippen molar-refractivity contribution in [3.63, 3.8) is 0 Å². The molecule has 0 saturated heterocycles. The first-order valence-corrected chi connectivity index (χ1v) is 6.61. The molecule has 0 unspecified atom stereocenters. The Kier molecular flexibility index (Phi) is 5.05. The third kappa shape index (κ3) is 4.04. The number of hydrogen-bond acceptors (Lipinski definition) is 5. The van der Waals surface area contributed by atoms with Gasteiger partial charge in [-0.1, -0.05) is 6.92 Å². The number of imidazole rings is 1. The van der Waals surface area contributed by atoms with E-state index < -0.39 is 0 Å². The van der Waals surface area contributed by atoms with Crippen molar-refractivity contribution >= 4 is 11.7 Å². The van der Waals surface area contributed by atoms with Gasteiger partial charge in [0.1, 0.15) is 5.82 Å². The summed E-state index contributed by atoms with van der Waals surface area (Å²) in [5.74, 6) is 0.460. The van der Waals surface area contributed by atoms with E-state index in [-0.39, 0.29) is 5.91 Å². The van der Waals surface area contributed by atoms with Gasteiger partial charge in [0.25, 0.3) is 5.91 Å². The Morgan fingerprint density at radius 1 is 1.30 bits per heavy atom. The maximum atomic E-state index is 11.8. The molecule has 0 radical (unpaired) electrons. The minimum atomic E-state index is -0.223. The van der Waals surface area contributed by atoms with Gasteiger partial charge < -0.3 is 15.2 Å². The van der Waals surface area contributed by atoms with E-state index in [1.165, 1.54) is 0 Å². The molecule has 0 bridgehead atoms. The molecule has 0 aromatic carbocycles. The molecule has 2 N–H and O–H groups in total. The minimum Gasteiger partial charge on any atom is -0.369 e. The second-order valence-electron chi connectivity index (χ2n) is 4.29. The van der Waals surface area contributed by atoms with E-state index in [9.17, 15) is 4.79 Å². The van der Waals surface area contributed by atoms with Crippen molar-refractivity contribution in [3.8, 4) is 0 Å². The summed E-state index contributed by atoms with van der Waals surface area (Å²) >= 11 is 0. The molecular weight excluding hydrogens is 256 g/mol. The maximum absolute atomic E-state index is 11.8. The summed E-state index contributed by atoms with van der Waals surface area (Å²) in [7, 11) is 0. The molecule has 7 nitrogen and oxygen atoms in total. The molecule has 2 aromatic rings. The predicted molar refractivity (Wildman–Crippen MR) is 75.4 cm³/mol. The zero-order valence-corrected chi connectivity index (χ0v) is 11.4. The zero-order chi connectivity index (χ0) is 14.2. The van der Waals surface area contributed by atoms with Crippen LogP contribution in [0.3, 0.4) is 0 Å². The van der Waals surface area contributed by atoms with Gasteiger partial charge in [-0.05, 0) is 18.6 Å². The molecule has 1 amide bonds. The Bertz CT molecular complexity index is 522. The van der Waals surface area contributed by atoms with Crippen LogP contribution in [0.1, 0.15) is 23.8 Å². The summed E-state index contributed by atoms with van der Waals surface area (Å²) in [4.78, 5) is 15.8. The molecule has 0 aliphatic heterocycles. The van der Waals surface area contributed by atoms with Gasteiger partial charge in [0.05, 0.1) is 6.33 Å². The molecule has 0 aliphatic carbocycles. The number of nitrogens with one attached hydrogen (secondary N) is 2. The Hall–Kier alpha value is -2.44. The number of anilines is 1. The zero-order valence-electron chi connectivity index (χ0n) is 11.4. The maximum Gasteiger partial charge on any atom is 0.271 e. The van der Waals surface area contributed by atoms with E-state index in [0.29, 0.717) is 24.6 Å². The van der Waals surface area contributed by atoms with Crippen LogP contribution >= 0.6 is 0 Å². The molecule has 2 heterocycles. The number of nitrogens with zero attached hydrogens (tertiary/aromatic N) is 4. The topological polar surface area (TPSA) is 84.7 Å². The Morgan fingerprint density at radius 2 is 2.20 bits per heavy atom. The fourth-order valence-corrected chi connectivity index (χ4v) is 1.61. The van der Waals surface area contributed by atoms with Crippen LogP contribution < -0.4 is 10.6 Å². The number of amides is 1. The molecule has 0 spiro atoms. The van der Waals surface area contributed by atoms with Gasteiger partial charge in [-0.25, -0.2) is 4.98 Å². The summed E-state index contributed by atoms with van der Waals surface area (Å²) in [6.07, 6.45) is 6.27. The van der Waals surface area contributed by atoms with E-state index in [1.807, 2.05) is 10.8 Å². The minimum absolute atomic E-state index is 0.223. The van der Waals surface area contributed by atoms with Crippen LogP contribution in [0.15, 0.2) is 30.9 Å². The highest BCUT2D eigenvalue weighted by atomic mass is 16.1. The Balaban J connectivity index is 1.79. The van der Waals surface area contributed by atoms with Crippen LogP contribution in [0.2, 0.25) is 0 Å². The molecule has 0 saturated carbocycles. The summed E-state index contributed by atoms with van der Waals surface area (Å²) in [6.45, 7) is 4.11. The van der Waals surface area contributed by atoms with Crippen LogP contribution in [-0.2, 0) is 6.54 Å². The van der Waals surface area contributed by atoms with Gasteiger partial charge in [-0.2, -0.15) is 0 Å². The van der Waals surface area contributed by atoms with Crippen molar-refractivity contribution in [2.45, 2.75) is 19.9 Å². The van der Waals surface area contributed by atoms with Crippen molar-refractivity contribution in [1.29, 1.82) is 0 Å². The van der Waals surface area contributed by atoms with Crippen molar-refractivity contribution in [1.82, 2.24) is 25.1 Å². The Morgan fingerprint density at radius 3 is 2.85 bits per heavy atom. The van der Waals surface area contributed by atoms with Crippen molar-refractivity contribution in [2.24, 2.45) is 0 Å². The molecule has 20 heavy (non-hydrogen) atoms. The monoisotopic (exact) mass is 274 g/mol. The largest absolute Gasteiger partial charge is 0.369 e. The fourth-order valence-electron chi connectivity index (χ4n) is 1.61. The van der Waals surface area contributed by atoms with Crippen LogP contribution in [0.5, 0.6) is 0 Å². The van der Waals surface area contributed by atoms with Crippen molar-refractivity contribution in [2.75, 3.05) is 18.4 Å². The van der Waals surface area contributed by atoms with E-state index in [0.717, 1.165) is 13.0 Å². The third-order valence-electron chi connectivity index (χ3n) is 2.67. The summed E-state index contributed by atoms with van der Waals surface area (Å²) in [5, 5.41) is 13.8. The number of carbonyl (C=O) groups is 1. The highest BCUT2D eigenvalue weighted by Gasteiger charge is 2.07.